The van der Waals surface area contributed by atoms with Gasteiger partial charge >= 0.3 is 0 Å². The quantitative estimate of drug-likeness (QED) is 0.825. The first-order chi connectivity index (χ1) is 8.60. The van der Waals surface area contributed by atoms with Crippen LogP contribution < -0.4 is 15.8 Å². The van der Waals surface area contributed by atoms with Crippen LogP contribution in [0.25, 0.3) is 0 Å². The number of nitrogens with two attached hydrogens (primary N) is 1. The van der Waals surface area contributed by atoms with Crippen LogP contribution in [0.1, 0.15) is 6.42 Å². The van der Waals surface area contributed by atoms with Crippen LogP contribution in [-0.2, 0) is 4.79 Å². The van der Waals surface area contributed by atoms with Gasteiger partial charge in [-0.3, -0.25) is 4.79 Å². The zero-order valence-electron chi connectivity index (χ0n) is 10.0. The molecule has 0 saturated heterocycles. The topological polar surface area (TPSA) is 64.3 Å². The molecule has 0 bridgehead atoms. The molecule has 5 heteroatoms. The lowest BCUT2D eigenvalue weighted by molar-refractivity contribution is -0.118. The smallest absolute Gasteiger partial charge is 0.231 e. The van der Waals surface area contributed by atoms with Gasteiger partial charge in [0.25, 0.3) is 0 Å². The number of methoxy groups -OCH3 is 1. The molecule has 0 fully saturated rings. The highest BCUT2D eigenvalue weighted by atomic mass is 35.5. The molecule has 18 heavy (non-hydrogen) atoms. The van der Waals surface area contributed by atoms with Gasteiger partial charge in [0.1, 0.15) is 5.75 Å². The van der Waals surface area contributed by atoms with Crippen LogP contribution in [0.4, 0.5) is 5.69 Å². The van der Waals surface area contributed by atoms with Crippen molar-refractivity contribution in [2.75, 3.05) is 12.4 Å². The van der Waals surface area contributed by atoms with E-state index in [9.17, 15) is 4.79 Å². The van der Waals surface area contributed by atoms with Crippen LogP contribution in [0.2, 0.25) is 5.02 Å². The predicted octanol–water partition coefficient (Wildman–Crippen LogP) is 2.19. The van der Waals surface area contributed by atoms with Crippen LogP contribution in [-0.4, -0.2) is 19.1 Å². The highest BCUT2D eigenvalue weighted by Crippen LogP contribution is 2.28. The number of carbonyl (C=O) groups is 1. The summed E-state index contributed by atoms with van der Waals surface area (Å²) in [6.45, 7) is 0. The number of carbonyl (C=O) groups excluding carboxylic acids is 1. The van der Waals surface area contributed by atoms with Gasteiger partial charge in [-0.25, -0.2) is 0 Å². The SMILES string of the molecule is COc1ccc(Cl)c(NC(=O)C2C=CC(N)C2)c1. The predicted molar refractivity (Wildman–Crippen MR) is 71.9 cm³/mol. The maximum Gasteiger partial charge on any atom is 0.231 e. The molecule has 0 spiro atoms. The maximum absolute atomic E-state index is 12.0. The largest absolute Gasteiger partial charge is 0.497 e. The molecule has 1 aromatic rings. The average Bonchev–Trinajstić information content (AvgIpc) is 2.79. The molecule has 96 valence electrons. The second-order valence-corrected chi connectivity index (χ2v) is 4.63. The summed E-state index contributed by atoms with van der Waals surface area (Å²) in [5.74, 6) is 0.352. The van der Waals surface area contributed by atoms with Crippen molar-refractivity contribution in [1.29, 1.82) is 0 Å². The van der Waals surface area contributed by atoms with Crippen LogP contribution in [0, 0.1) is 5.92 Å². The van der Waals surface area contributed by atoms with Gasteiger partial charge in [0.15, 0.2) is 0 Å². The Morgan fingerprint density at radius 3 is 2.89 bits per heavy atom. The Morgan fingerprint density at radius 1 is 1.50 bits per heavy atom. The highest BCUT2D eigenvalue weighted by Gasteiger charge is 2.23. The van der Waals surface area contributed by atoms with Crippen LogP contribution in [0.3, 0.4) is 0 Å². The lowest BCUT2D eigenvalue weighted by atomic mass is 10.1. The Bertz CT molecular complexity index is 488. The minimum Gasteiger partial charge on any atom is -0.497 e. The zero-order chi connectivity index (χ0) is 13.1. The molecular formula is C13H15ClN2O2. The van der Waals surface area contributed by atoms with E-state index in [0.29, 0.717) is 22.9 Å². The zero-order valence-corrected chi connectivity index (χ0v) is 10.8. The number of halogens is 1. The van der Waals surface area contributed by atoms with E-state index in [-0.39, 0.29) is 17.9 Å². The van der Waals surface area contributed by atoms with Crippen molar-refractivity contribution >= 4 is 23.2 Å². The number of hydrogen-bond donors (Lipinski definition) is 2. The standard InChI is InChI=1S/C13H15ClN2O2/c1-18-10-4-5-11(14)12(7-10)16-13(17)8-2-3-9(15)6-8/h2-5,7-9H,6,15H2,1H3,(H,16,17). The van der Waals surface area contributed by atoms with Gasteiger partial charge < -0.3 is 15.8 Å². The van der Waals surface area contributed by atoms with E-state index >= 15 is 0 Å². The average molecular weight is 267 g/mol. The van der Waals surface area contributed by atoms with E-state index < -0.39 is 0 Å². The summed E-state index contributed by atoms with van der Waals surface area (Å²) < 4.78 is 5.09. The number of amides is 1. The summed E-state index contributed by atoms with van der Waals surface area (Å²) in [7, 11) is 1.56. The molecular weight excluding hydrogens is 252 g/mol. The fraction of sp³-hybridized carbons (Fsp3) is 0.308. The van der Waals surface area contributed by atoms with E-state index in [4.69, 9.17) is 22.1 Å². The van der Waals surface area contributed by atoms with E-state index in [1.807, 2.05) is 12.2 Å². The minimum atomic E-state index is -0.192. The molecule has 0 heterocycles. The van der Waals surface area contributed by atoms with Gasteiger partial charge in [-0.15, -0.1) is 0 Å². The molecule has 4 nitrogen and oxygen atoms in total. The van der Waals surface area contributed by atoms with Gasteiger partial charge in [-0.2, -0.15) is 0 Å². The molecule has 2 unspecified atom stereocenters. The van der Waals surface area contributed by atoms with E-state index in [2.05, 4.69) is 5.32 Å². The molecule has 0 saturated carbocycles. The van der Waals surface area contributed by atoms with Crippen molar-refractivity contribution in [2.45, 2.75) is 12.5 Å². The van der Waals surface area contributed by atoms with Gasteiger partial charge in [0.2, 0.25) is 5.91 Å². The second kappa shape index (κ2) is 5.42. The first kappa shape index (κ1) is 12.9. The summed E-state index contributed by atoms with van der Waals surface area (Å²) >= 11 is 6.02. The molecule has 1 aliphatic rings. The molecule has 1 amide bonds. The summed E-state index contributed by atoms with van der Waals surface area (Å²) in [5.41, 5.74) is 6.27. The number of ether oxygens (including phenoxy) is 1. The van der Waals surface area contributed by atoms with Crippen molar-refractivity contribution in [2.24, 2.45) is 11.7 Å². The second-order valence-electron chi connectivity index (χ2n) is 4.23. The van der Waals surface area contributed by atoms with Crippen molar-refractivity contribution in [3.8, 4) is 5.75 Å². The number of rotatable bonds is 3. The molecule has 2 rings (SSSR count). The first-order valence-electron chi connectivity index (χ1n) is 5.68. The summed E-state index contributed by atoms with van der Waals surface area (Å²) in [5, 5.41) is 3.27. The normalized spacial score (nSPS) is 21.9. The van der Waals surface area contributed by atoms with Crippen molar-refractivity contribution in [3.05, 3.63) is 35.4 Å². The molecule has 0 aromatic heterocycles. The Kier molecular flexibility index (Phi) is 3.89. The van der Waals surface area contributed by atoms with Gasteiger partial charge in [-0.05, 0) is 18.6 Å². The molecule has 0 radical (unpaired) electrons. The fourth-order valence-electron chi connectivity index (χ4n) is 1.87. The van der Waals surface area contributed by atoms with Gasteiger partial charge in [0, 0.05) is 12.1 Å². The Hall–Kier alpha value is -1.52. The summed E-state index contributed by atoms with van der Waals surface area (Å²) in [6.07, 6.45) is 4.30. The molecule has 0 aliphatic heterocycles. The number of nitrogens with one attached hydrogen (secondary N) is 1. The Balaban J connectivity index is 2.09. The van der Waals surface area contributed by atoms with Crippen LogP contribution in [0.15, 0.2) is 30.4 Å². The minimum absolute atomic E-state index is 0.0402. The fourth-order valence-corrected chi connectivity index (χ4v) is 2.04. The van der Waals surface area contributed by atoms with Gasteiger partial charge in [0.05, 0.1) is 23.7 Å². The van der Waals surface area contributed by atoms with Crippen molar-refractivity contribution < 1.29 is 9.53 Å². The first-order valence-corrected chi connectivity index (χ1v) is 6.06. The maximum atomic E-state index is 12.0. The Labute approximate surface area is 111 Å². The number of benzene rings is 1. The van der Waals surface area contributed by atoms with E-state index in [0.717, 1.165) is 0 Å². The monoisotopic (exact) mass is 266 g/mol. The van der Waals surface area contributed by atoms with Crippen molar-refractivity contribution in [3.63, 3.8) is 0 Å². The molecule has 1 aliphatic carbocycles. The van der Waals surface area contributed by atoms with Gasteiger partial charge in [-0.1, -0.05) is 23.8 Å². The van der Waals surface area contributed by atoms with Crippen LogP contribution >= 0.6 is 11.6 Å². The lowest BCUT2D eigenvalue weighted by Gasteiger charge is -2.12. The summed E-state index contributed by atoms with van der Waals surface area (Å²) in [6, 6.07) is 5.08. The van der Waals surface area contributed by atoms with Crippen LogP contribution in [0.5, 0.6) is 5.75 Å². The summed E-state index contributed by atoms with van der Waals surface area (Å²) in [4.78, 5) is 12.0. The lowest BCUT2D eigenvalue weighted by Crippen LogP contribution is -2.24. The molecule has 3 N–H and O–H groups in total. The molecule has 1 aromatic carbocycles. The Morgan fingerprint density at radius 2 is 2.28 bits per heavy atom. The number of hydrogen-bond acceptors (Lipinski definition) is 3. The van der Waals surface area contributed by atoms with E-state index in [1.54, 1.807) is 25.3 Å². The highest BCUT2D eigenvalue weighted by molar-refractivity contribution is 6.33. The third-order valence-electron chi connectivity index (χ3n) is 2.88. The van der Waals surface area contributed by atoms with Crippen molar-refractivity contribution in [1.82, 2.24) is 0 Å². The third-order valence-corrected chi connectivity index (χ3v) is 3.21. The molecule has 2 atom stereocenters. The third kappa shape index (κ3) is 2.83. The number of anilines is 1. The van der Waals surface area contributed by atoms with E-state index in [1.165, 1.54) is 0 Å².